The van der Waals surface area contributed by atoms with E-state index < -0.39 is 11.9 Å². The van der Waals surface area contributed by atoms with Gasteiger partial charge in [-0.3, -0.25) is 0 Å². The fourth-order valence-electron chi connectivity index (χ4n) is 2.53. The fraction of sp³-hybridized carbons (Fsp3) is 0.105. The van der Waals surface area contributed by atoms with Crippen molar-refractivity contribution in [3.8, 4) is 0 Å². The van der Waals surface area contributed by atoms with Gasteiger partial charge in [-0.1, -0.05) is 41.9 Å². The molecule has 0 radical (unpaired) electrons. The van der Waals surface area contributed by atoms with Crippen molar-refractivity contribution in [3.05, 3.63) is 64.8 Å². The first-order chi connectivity index (χ1) is 13.1. The lowest BCUT2D eigenvalue weighted by Gasteiger charge is -2.12. The molecule has 0 spiro atoms. The molecule has 7 nitrogen and oxygen atoms in total. The Hall–Kier alpha value is -3.32. The van der Waals surface area contributed by atoms with E-state index >= 15 is 0 Å². The molecule has 1 heterocycles. The summed E-state index contributed by atoms with van der Waals surface area (Å²) >= 11 is 6.31. The molecule has 3 aromatic rings. The number of nitrogens with zero attached hydrogens (tertiary/aromatic N) is 3. The van der Waals surface area contributed by atoms with Gasteiger partial charge in [-0.2, -0.15) is 0 Å². The van der Waals surface area contributed by atoms with E-state index in [0.29, 0.717) is 16.5 Å². The van der Waals surface area contributed by atoms with Crippen LogP contribution >= 0.6 is 11.6 Å². The molecule has 1 aromatic heterocycles. The van der Waals surface area contributed by atoms with Crippen LogP contribution in [0.1, 0.15) is 20.8 Å². The summed E-state index contributed by atoms with van der Waals surface area (Å²) in [6.07, 6.45) is 0. The first kappa shape index (κ1) is 18.5. The number of carbonyl (C=O) groups is 2. The number of hydrogen-bond acceptors (Lipinski definition) is 7. The van der Waals surface area contributed by atoms with Crippen LogP contribution in [0.25, 0.3) is 10.8 Å². The first-order valence-electron chi connectivity index (χ1n) is 7.82. The molecule has 0 saturated carbocycles. The zero-order valence-corrected chi connectivity index (χ0v) is 15.2. The number of aromatic nitrogens is 1. The van der Waals surface area contributed by atoms with E-state index in [1.54, 1.807) is 30.3 Å². The number of esters is 2. The highest BCUT2D eigenvalue weighted by atomic mass is 35.5. The van der Waals surface area contributed by atoms with Crippen LogP contribution in [0.3, 0.4) is 0 Å². The quantitative estimate of drug-likeness (QED) is 0.473. The van der Waals surface area contributed by atoms with Gasteiger partial charge in [0.25, 0.3) is 0 Å². The maximum Gasteiger partial charge on any atom is 0.357 e. The molecular weight excluding hydrogens is 370 g/mol. The molecule has 0 aliphatic carbocycles. The largest absolute Gasteiger partial charge is 0.465 e. The van der Waals surface area contributed by atoms with Crippen LogP contribution < -0.4 is 0 Å². The van der Waals surface area contributed by atoms with Gasteiger partial charge in [0.1, 0.15) is 5.56 Å². The lowest BCUT2D eigenvalue weighted by Crippen LogP contribution is -2.15. The second kappa shape index (κ2) is 7.92. The monoisotopic (exact) mass is 383 g/mol. The number of rotatable bonds is 4. The van der Waals surface area contributed by atoms with Gasteiger partial charge in [0.2, 0.25) is 0 Å². The third kappa shape index (κ3) is 3.63. The van der Waals surface area contributed by atoms with E-state index in [9.17, 15) is 9.59 Å². The molecule has 0 amide bonds. The Balaban J connectivity index is 2.32. The van der Waals surface area contributed by atoms with Crippen molar-refractivity contribution in [1.82, 2.24) is 4.98 Å². The predicted molar refractivity (Wildman–Crippen MR) is 100 cm³/mol. The van der Waals surface area contributed by atoms with Crippen molar-refractivity contribution in [2.24, 2.45) is 10.2 Å². The second-order valence-electron chi connectivity index (χ2n) is 5.34. The van der Waals surface area contributed by atoms with Crippen LogP contribution in [0.2, 0.25) is 5.02 Å². The number of methoxy groups -OCH3 is 2. The minimum atomic E-state index is -0.812. The number of pyridine rings is 1. The first-order valence-corrected chi connectivity index (χ1v) is 8.20. The van der Waals surface area contributed by atoms with Crippen LogP contribution in [0.5, 0.6) is 0 Å². The Morgan fingerprint density at radius 2 is 1.63 bits per heavy atom. The highest BCUT2D eigenvalue weighted by Gasteiger charge is 2.27. The summed E-state index contributed by atoms with van der Waals surface area (Å²) in [4.78, 5) is 28.8. The third-order valence-electron chi connectivity index (χ3n) is 3.74. The summed E-state index contributed by atoms with van der Waals surface area (Å²) < 4.78 is 9.56. The van der Waals surface area contributed by atoms with Crippen LogP contribution in [0, 0.1) is 0 Å². The Labute approximate surface area is 159 Å². The van der Waals surface area contributed by atoms with E-state index in [1.807, 2.05) is 18.2 Å². The molecule has 3 rings (SSSR count). The Kier molecular flexibility index (Phi) is 5.42. The highest BCUT2D eigenvalue weighted by Crippen LogP contribution is 2.35. The third-order valence-corrected chi connectivity index (χ3v) is 4.06. The number of ether oxygens (including phenoxy) is 2. The Morgan fingerprint density at radius 3 is 2.30 bits per heavy atom. The van der Waals surface area contributed by atoms with E-state index in [2.05, 4.69) is 15.2 Å². The van der Waals surface area contributed by atoms with E-state index in [4.69, 9.17) is 21.1 Å². The normalized spacial score (nSPS) is 10.9. The molecule has 2 aromatic carbocycles. The fourth-order valence-corrected chi connectivity index (χ4v) is 2.80. The Morgan fingerprint density at radius 1 is 0.926 bits per heavy atom. The van der Waals surface area contributed by atoms with Crippen molar-refractivity contribution in [2.45, 2.75) is 0 Å². The summed E-state index contributed by atoms with van der Waals surface area (Å²) in [5.41, 5.74) is 0.279. The minimum absolute atomic E-state index is 0.0800. The summed E-state index contributed by atoms with van der Waals surface area (Å²) in [5, 5.41) is 9.27. The molecular formula is C19H14ClN3O4. The molecule has 0 N–H and O–H groups in total. The molecule has 0 atom stereocenters. The van der Waals surface area contributed by atoms with Gasteiger partial charge in [-0.15, -0.1) is 10.2 Å². The van der Waals surface area contributed by atoms with E-state index in [1.165, 1.54) is 14.2 Å². The van der Waals surface area contributed by atoms with Crippen LogP contribution in [0.4, 0.5) is 11.5 Å². The zero-order chi connectivity index (χ0) is 19.4. The highest BCUT2D eigenvalue weighted by molar-refractivity contribution is 6.37. The number of halogens is 1. The second-order valence-corrected chi connectivity index (χ2v) is 5.75. The van der Waals surface area contributed by atoms with Gasteiger partial charge < -0.3 is 9.47 Å². The van der Waals surface area contributed by atoms with Gasteiger partial charge in [0.05, 0.1) is 19.9 Å². The molecule has 0 aliphatic rings. The van der Waals surface area contributed by atoms with Gasteiger partial charge in [-0.05, 0) is 18.2 Å². The standard InChI is InChI=1S/C19H14ClN3O4/c1-26-18(24)15-14-12(9-6-10-13(14)20)17(21-16(15)19(25)27-2)23-22-11-7-4-3-5-8-11/h3-10H,1-2H3. The van der Waals surface area contributed by atoms with Gasteiger partial charge >= 0.3 is 11.9 Å². The predicted octanol–water partition coefficient (Wildman–Crippen LogP) is 4.88. The molecule has 0 aliphatic heterocycles. The average Bonchev–Trinajstić information content (AvgIpc) is 2.71. The number of hydrogen-bond donors (Lipinski definition) is 0. The number of fused-ring (bicyclic) bond motifs is 1. The molecule has 8 heteroatoms. The topological polar surface area (TPSA) is 90.2 Å². The molecule has 136 valence electrons. The number of carbonyl (C=O) groups excluding carboxylic acids is 2. The maximum atomic E-state index is 12.3. The molecule has 0 fully saturated rings. The van der Waals surface area contributed by atoms with Gasteiger partial charge in [0, 0.05) is 15.8 Å². The lowest BCUT2D eigenvalue weighted by atomic mass is 10.0. The van der Waals surface area contributed by atoms with Crippen LogP contribution in [0.15, 0.2) is 58.8 Å². The van der Waals surface area contributed by atoms with Crippen molar-refractivity contribution in [2.75, 3.05) is 14.2 Å². The smallest absolute Gasteiger partial charge is 0.357 e. The summed E-state index contributed by atoms with van der Waals surface area (Å²) in [6, 6.07) is 14.0. The van der Waals surface area contributed by atoms with E-state index in [0.717, 1.165) is 0 Å². The average molecular weight is 384 g/mol. The summed E-state index contributed by atoms with van der Waals surface area (Å²) in [7, 11) is 2.39. The summed E-state index contributed by atoms with van der Waals surface area (Å²) in [6.45, 7) is 0. The lowest BCUT2D eigenvalue weighted by molar-refractivity contribution is 0.0552. The molecule has 0 saturated heterocycles. The van der Waals surface area contributed by atoms with Crippen molar-refractivity contribution in [1.29, 1.82) is 0 Å². The molecule has 0 unspecified atom stereocenters. The molecule has 27 heavy (non-hydrogen) atoms. The summed E-state index contributed by atoms with van der Waals surface area (Å²) in [5.74, 6) is -1.44. The molecule has 0 bridgehead atoms. The van der Waals surface area contributed by atoms with Gasteiger partial charge in [-0.25, -0.2) is 14.6 Å². The minimum Gasteiger partial charge on any atom is -0.465 e. The van der Waals surface area contributed by atoms with E-state index in [-0.39, 0.29) is 22.1 Å². The zero-order valence-electron chi connectivity index (χ0n) is 14.5. The van der Waals surface area contributed by atoms with Crippen molar-refractivity contribution in [3.63, 3.8) is 0 Å². The SMILES string of the molecule is COC(=O)c1nc(N=Nc2ccccc2)c2cccc(Cl)c2c1C(=O)OC. The van der Waals surface area contributed by atoms with Gasteiger partial charge in [0.15, 0.2) is 11.5 Å². The van der Waals surface area contributed by atoms with Crippen LogP contribution in [-0.2, 0) is 9.47 Å². The van der Waals surface area contributed by atoms with Crippen molar-refractivity contribution < 1.29 is 19.1 Å². The van der Waals surface area contributed by atoms with Crippen molar-refractivity contribution >= 4 is 45.8 Å². The van der Waals surface area contributed by atoms with Crippen LogP contribution in [-0.4, -0.2) is 31.1 Å². The number of azo groups is 1. The number of benzene rings is 2. The maximum absolute atomic E-state index is 12.3. The Bertz CT molecular complexity index is 1050.